The van der Waals surface area contributed by atoms with Gasteiger partial charge in [0.1, 0.15) is 5.82 Å². The van der Waals surface area contributed by atoms with Gasteiger partial charge in [0.25, 0.3) is 0 Å². The molecule has 0 radical (unpaired) electrons. The van der Waals surface area contributed by atoms with Gasteiger partial charge in [-0.05, 0) is 71.0 Å². The number of benzene rings is 2. The number of fused-ring (bicyclic) bond motifs is 1. The Bertz CT molecular complexity index is 792. The molecule has 1 heterocycles. The first-order chi connectivity index (χ1) is 9.95. The minimum atomic E-state index is -3.30. The summed E-state index contributed by atoms with van der Waals surface area (Å²) in [5, 5.41) is 3.31. The van der Waals surface area contributed by atoms with Crippen LogP contribution in [0.25, 0.3) is 0 Å². The van der Waals surface area contributed by atoms with Crippen molar-refractivity contribution in [1.82, 2.24) is 0 Å². The van der Waals surface area contributed by atoms with Crippen LogP contribution in [0.15, 0.2) is 47.4 Å². The number of sulfone groups is 1. The lowest BCUT2D eigenvalue weighted by Gasteiger charge is -2.27. The Morgan fingerprint density at radius 3 is 2.76 bits per heavy atom. The molecule has 1 unspecified atom stereocenters. The van der Waals surface area contributed by atoms with E-state index in [-0.39, 0.29) is 16.7 Å². The molecule has 0 spiro atoms. The van der Waals surface area contributed by atoms with E-state index in [4.69, 9.17) is 0 Å². The van der Waals surface area contributed by atoms with Crippen LogP contribution < -0.4 is 5.32 Å². The smallest absolute Gasteiger partial charge is 0.178 e. The third-order valence-electron chi connectivity index (χ3n) is 3.52. The van der Waals surface area contributed by atoms with Crippen molar-refractivity contribution >= 4 is 38.1 Å². The minimum Gasteiger partial charge on any atom is -0.378 e. The van der Waals surface area contributed by atoms with E-state index in [0.29, 0.717) is 12.0 Å². The lowest BCUT2D eigenvalue weighted by Crippen LogP contribution is -2.24. The highest BCUT2D eigenvalue weighted by Gasteiger charge is 2.30. The quantitative estimate of drug-likeness (QED) is 0.598. The fourth-order valence-electron chi connectivity index (χ4n) is 2.54. The number of hydrogen-bond donors (Lipinski definition) is 1. The summed E-state index contributed by atoms with van der Waals surface area (Å²) in [7, 11) is -3.30. The maximum absolute atomic E-state index is 13.5. The topological polar surface area (TPSA) is 46.2 Å². The van der Waals surface area contributed by atoms with Gasteiger partial charge in [-0.25, -0.2) is 12.8 Å². The third-order valence-corrected chi connectivity index (χ3v) is 6.01. The molecule has 21 heavy (non-hydrogen) atoms. The van der Waals surface area contributed by atoms with Crippen LogP contribution in [0, 0.1) is 9.39 Å². The Hall–Kier alpha value is -1.15. The summed E-state index contributed by atoms with van der Waals surface area (Å²) in [4.78, 5) is 0.235. The molecule has 0 amide bonds. The van der Waals surface area contributed by atoms with Gasteiger partial charge in [0.2, 0.25) is 0 Å². The summed E-state index contributed by atoms with van der Waals surface area (Å²) < 4.78 is 38.8. The molecule has 1 aliphatic rings. The van der Waals surface area contributed by atoms with Crippen LogP contribution in [0.5, 0.6) is 0 Å². The first kappa shape index (κ1) is 14.8. The molecule has 6 heteroatoms. The van der Waals surface area contributed by atoms with E-state index in [2.05, 4.69) is 27.9 Å². The van der Waals surface area contributed by atoms with Crippen LogP contribution in [0.4, 0.5) is 10.1 Å². The monoisotopic (exact) mass is 417 g/mol. The van der Waals surface area contributed by atoms with Gasteiger partial charge in [-0.1, -0.05) is 6.07 Å². The van der Waals surface area contributed by atoms with E-state index in [0.717, 1.165) is 9.26 Å². The van der Waals surface area contributed by atoms with Crippen molar-refractivity contribution in [3.05, 3.63) is 57.4 Å². The molecule has 110 valence electrons. The summed E-state index contributed by atoms with van der Waals surface area (Å²) in [6.45, 7) is 0. The van der Waals surface area contributed by atoms with E-state index < -0.39 is 15.7 Å². The zero-order chi connectivity index (χ0) is 15.0. The number of hydrogen-bond acceptors (Lipinski definition) is 3. The normalized spacial score (nSPS) is 19.8. The molecule has 2 aromatic rings. The molecule has 0 fully saturated rings. The second-order valence-corrected chi connectivity index (χ2v) is 8.32. The van der Waals surface area contributed by atoms with Gasteiger partial charge in [-0.3, -0.25) is 0 Å². The highest BCUT2D eigenvalue weighted by molar-refractivity contribution is 14.1. The third kappa shape index (κ3) is 3.06. The number of nitrogens with one attached hydrogen (secondary N) is 1. The van der Waals surface area contributed by atoms with Crippen LogP contribution in [-0.4, -0.2) is 14.2 Å². The lowest BCUT2D eigenvalue weighted by atomic mass is 10.0. The summed E-state index contributed by atoms with van der Waals surface area (Å²) in [6.07, 6.45) is 0.435. The molecular formula is C15H13FINO2S. The van der Waals surface area contributed by atoms with E-state index in [9.17, 15) is 12.8 Å². The number of anilines is 1. The van der Waals surface area contributed by atoms with Gasteiger partial charge in [0, 0.05) is 9.26 Å². The Kier molecular flexibility index (Phi) is 3.92. The Balaban J connectivity index is 2.00. The fraction of sp³-hybridized carbons (Fsp3) is 0.200. The van der Waals surface area contributed by atoms with E-state index in [1.165, 1.54) is 18.2 Å². The first-order valence-electron chi connectivity index (χ1n) is 6.50. The first-order valence-corrected chi connectivity index (χ1v) is 9.23. The highest BCUT2D eigenvalue weighted by Crippen LogP contribution is 2.35. The van der Waals surface area contributed by atoms with Gasteiger partial charge in [-0.15, -0.1) is 0 Å². The number of rotatable bonds is 2. The predicted molar refractivity (Wildman–Crippen MR) is 88.6 cm³/mol. The zero-order valence-corrected chi connectivity index (χ0v) is 14.0. The average Bonchev–Trinajstić information content (AvgIpc) is 2.42. The van der Waals surface area contributed by atoms with Crippen LogP contribution in [0.2, 0.25) is 0 Å². The second kappa shape index (κ2) is 5.57. The summed E-state index contributed by atoms with van der Waals surface area (Å²) in [5.74, 6) is -0.340. The second-order valence-electron chi connectivity index (χ2n) is 5.00. The maximum atomic E-state index is 13.5. The van der Waals surface area contributed by atoms with E-state index >= 15 is 0 Å². The molecule has 2 aromatic carbocycles. The molecular weight excluding hydrogens is 404 g/mol. The molecule has 1 aliphatic heterocycles. The highest BCUT2D eigenvalue weighted by atomic mass is 127. The lowest BCUT2D eigenvalue weighted by molar-refractivity contribution is 0.570. The van der Waals surface area contributed by atoms with E-state index in [1.807, 2.05) is 24.3 Å². The van der Waals surface area contributed by atoms with Crippen LogP contribution in [0.1, 0.15) is 18.0 Å². The summed E-state index contributed by atoms with van der Waals surface area (Å²) in [5.41, 5.74) is 1.42. The van der Waals surface area contributed by atoms with Crippen molar-refractivity contribution in [2.24, 2.45) is 0 Å². The largest absolute Gasteiger partial charge is 0.378 e. The molecule has 0 bridgehead atoms. The molecule has 0 saturated heterocycles. The Morgan fingerprint density at radius 2 is 2.00 bits per heavy atom. The maximum Gasteiger partial charge on any atom is 0.178 e. The average molecular weight is 417 g/mol. The standard InChI is InChI=1S/C15H13FINO2S/c16-10-4-5-15-13(8-10)14(6-7-21(15,19)20)18-12-3-1-2-11(17)9-12/h1-5,8-9,14,18H,6-7H2. The minimum absolute atomic E-state index is 0.0766. The molecule has 0 saturated carbocycles. The van der Waals surface area contributed by atoms with E-state index in [1.54, 1.807) is 0 Å². The predicted octanol–water partition coefficient (Wildman–Crippen LogP) is 3.76. The Labute approximate surface area is 136 Å². The van der Waals surface area contributed by atoms with Crippen molar-refractivity contribution in [2.45, 2.75) is 17.4 Å². The molecule has 0 aromatic heterocycles. The fourth-order valence-corrected chi connectivity index (χ4v) is 4.69. The molecule has 0 aliphatic carbocycles. The van der Waals surface area contributed by atoms with Gasteiger partial charge < -0.3 is 5.32 Å². The van der Waals surface area contributed by atoms with Crippen molar-refractivity contribution in [3.8, 4) is 0 Å². The van der Waals surface area contributed by atoms with Crippen LogP contribution in [0.3, 0.4) is 0 Å². The molecule has 1 N–H and O–H groups in total. The van der Waals surface area contributed by atoms with Crippen LogP contribution in [-0.2, 0) is 9.84 Å². The van der Waals surface area contributed by atoms with Crippen molar-refractivity contribution in [3.63, 3.8) is 0 Å². The van der Waals surface area contributed by atoms with Gasteiger partial charge >= 0.3 is 0 Å². The SMILES string of the molecule is O=S1(=O)CCC(Nc2cccc(I)c2)c2cc(F)ccc21. The molecule has 1 atom stereocenters. The van der Waals surface area contributed by atoms with Crippen molar-refractivity contribution in [2.75, 3.05) is 11.1 Å². The van der Waals surface area contributed by atoms with Gasteiger partial charge in [0.05, 0.1) is 16.7 Å². The summed E-state index contributed by atoms with van der Waals surface area (Å²) in [6, 6.07) is 11.5. The van der Waals surface area contributed by atoms with Crippen molar-refractivity contribution < 1.29 is 12.8 Å². The molecule has 3 nitrogen and oxygen atoms in total. The van der Waals surface area contributed by atoms with Crippen molar-refractivity contribution in [1.29, 1.82) is 0 Å². The molecule has 3 rings (SSSR count). The number of halogens is 2. The zero-order valence-electron chi connectivity index (χ0n) is 11.0. The van der Waals surface area contributed by atoms with Gasteiger partial charge in [0.15, 0.2) is 9.84 Å². The van der Waals surface area contributed by atoms with Crippen LogP contribution >= 0.6 is 22.6 Å². The summed E-state index contributed by atoms with van der Waals surface area (Å²) >= 11 is 2.21. The van der Waals surface area contributed by atoms with Gasteiger partial charge in [-0.2, -0.15) is 0 Å². The Morgan fingerprint density at radius 1 is 1.19 bits per heavy atom.